The normalized spacial score (nSPS) is 32.7. The summed E-state index contributed by atoms with van der Waals surface area (Å²) in [6.45, 7) is 3.59. The zero-order valence-corrected chi connectivity index (χ0v) is 9.69. The molecule has 4 rings (SSSR count). The van der Waals surface area contributed by atoms with Gasteiger partial charge in [-0.2, -0.15) is 10.1 Å². The molecule has 3 aliphatic heterocycles. The first-order valence-corrected chi connectivity index (χ1v) is 6.03. The fourth-order valence-corrected chi connectivity index (χ4v) is 2.80. The van der Waals surface area contributed by atoms with Crippen molar-refractivity contribution in [2.45, 2.75) is 18.9 Å². The molecule has 0 spiro atoms. The second kappa shape index (κ2) is 4.14. The van der Waals surface area contributed by atoms with Gasteiger partial charge in [0.25, 0.3) is 0 Å². The lowest BCUT2D eigenvalue weighted by molar-refractivity contribution is 0.0973. The van der Waals surface area contributed by atoms with E-state index in [1.165, 1.54) is 25.9 Å². The zero-order valence-electron chi connectivity index (χ0n) is 8.93. The van der Waals surface area contributed by atoms with E-state index in [9.17, 15) is 0 Å². The minimum Gasteiger partial charge on any atom is -0.364 e. The van der Waals surface area contributed by atoms with Crippen molar-refractivity contribution in [1.82, 2.24) is 20.1 Å². The molecule has 6 heteroatoms. The predicted octanol–water partition coefficient (Wildman–Crippen LogP) is 1.03. The first-order chi connectivity index (χ1) is 7.81. The Kier molecular flexibility index (Phi) is 2.65. The average Bonchev–Trinajstić information content (AvgIpc) is 2.30. The molecule has 1 atom stereocenters. The van der Waals surface area contributed by atoms with Crippen LogP contribution in [0.5, 0.6) is 0 Å². The first kappa shape index (κ1) is 10.2. The number of nitrogens with one attached hydrogen (secondary N) is 1. The summed E-state index contributed by atoms with van der Waals surface area (Å²) in [7, 11) is 0. The Balaban J connectivity index is 1.71. The van der Waals surface area contributed by atoms with Gasteiger partial charge in [0, 0.05) is 12.6 Å². The van der Waals surface area contributed by atoms with Crippen molar-refractivity contribution in [3.63, 3.8) is 0 Å². The molecule has 0 saturated carbocycles. The number of rotatable bonds is 2. The van der Waals surface area contributed by atoms with Gasteiger partial charge >= 0.3 is 0 Å². The van der Waals surface area contributed by atoms with Gasteiger partial charge in [-0.1, -0.05) is 0 Å². The summed E-state index contributed by atoms with van der Waals surface area (Å²) in [6, 6.07) is 0.482. The highest BCUT2D eigenvalue weighted by Crippen LogP contribution is 2.29. The molecular formula is C10H14ClN5. The van der Waals surface area contributed by atoms with Gasteiger partial charge in [-0.15, -0.1) is 5.10 Å². The number of hydrogen-bond donors (Lipinski definition) is 1. The summed E-state index contributed by atoms with van der Waals surface area (Å²) < 4.78 is 0. The Hall–Kier alpha value is -0.940. The van der Waals surface area contributed by atoms with Crippen LogP contribution in [0.4, 0.5) is 5.82 Å². The quantitative estimate of drug-likeness (QED) is 0.836. The molecule has 0 aliphatic carbocycles. The van der Waals surface area contributed by atoms with Crippen molar-refractivity contribution < 1.29 is 0 Å². The largest absolute Gasteiger partial charge is 0.364 e. The van der Waals surface area contributed by atoms with Crippen LogP contribution < -0.4 is 5.32 Å². The van der Waals surface area contributed by atoms with Crippen molar-refractivity contribution in [2.24, 2.45) is 5.92 Å². The molecule has 5 nitrogen and oxygen atoms in total. The molecular weight excluding hydrogens is 226 g/mol. The molecule has 4 heterocycles. The van der Waals surface area contributed by atoms with Crippen molar-refractivity contribution in [3.8, 4) is 0 Å². The van der Waals surface area contributed by atoms with Crippen LogP contribution >= 0.6 is 11.6 Å². The van der Waals surface area contributed by atoms with Gasteiger partial charge in [-0.3, -0.25) is 0 Å². The van der Waals surface area contributed by atoms with E-state index in [1.54, 1.807) is 6.20 Å². The summed E-state index contributed by atoms with van der Waals surface area (Å²) in [6.07, 6.45) is 4.19. The Labute approximate surface area is 99.2 Å². The molecule has 1 aromatic rings. The number of fused-ring (bicyclic) bond motifs is 3. The standard InChI is InChI=1S/C10H14ClN5/c11-10-14-9(5-12-15-10)13-8-6-16-3-1-7(8)2-4-16/h5,7-8H,1-4,6H2,(H,13,14,15). The van der Waals surface area contributed by atoms with E-state index in [4.69, 9.17) is 11.6 Å². The average molecular weight is 240 g/mol. The summed E-state index contributed by atoms with van der Waals surface area (Å²) in [5, 5.41) is 11.0. The summed E-state index contributed by atoms with van der Waals surface area (Å²) >= 11 is 5.71. The van der Waals surface area contributed by atoms with Crippen LogP contribution in [0.2, 0.25) is 5.28 Å². The Morgan fingerprint density at radius 1 is 1.38 bits per heavy atom. The molecule has 3 saturated heterocycles. The molecule has 0 radical (unpaired) electrons. The fourth-order valence-electron chi connectivity index (χ4n) is 2.67. The highest BCUT2D eigenvalue weighted by Gasteiger charge is 2.34. The SMILES string of the molecule is Clc1nncc(NC2CN3CCC2CC3)n1. The van der Waals surface area contributed by atoms with E-state index < -0.39 is 0 Å². The number of hydrogen-bond acceptors (Lipinski definition) is 5. The van der Waals surface area contributed by atoms with Crippen molar-refractivity contribution in [3.05, 3.63) is 11.5 Å². The maximum atomic E-state index is 5.71. The van der Waals surface area contributed by atoms with Crippen LogP contribution in [-0.4, -0.2) is 45.8 Å². The molecule has 86 valence electrons. The fraction of sp³-hybridized carbons (Fsp3) is 0.700. The second-order valence-corrected chi connectivity index (χ2v) is 4.84. The van der Waals surface area contributed by atoms with Gasteiger partial charge in [0.15, 0.2) is 0 Å². The van der Waals surface area contributed by atoms with E-state index >= 15 is 0 Å². The van der Waals surface area contributed by atoms with Gasteiger partial charge in [0.2, 0.25) is 5.28 Å². The number of aromatic nitrogens is 3. The summed E-state index contributed by atoms with van der Waals surface area (Å²) in [5.74, 6) is 1.50. The van der Waals surface area contributed by atoms with Crippen molar-refractivity contribution in [2.75, 3.05) is 25.0 Å². The lowest BCUT2D eigenvalue weighted by Gasteiger charge is -2.45. The monoisotopic (exact) mass is 239 g/mol. The van der Waals surface area contributed by atoms with Crippen LogP contribution in [-0.2, 0) is 0 Å². The van der Waals surface area contributed by atoms with Crippen LogP contribution in [0.25, 0.3) is 0 Å². The van der Waals surface area contributed by atoms with Crippen LogP contribution in [0.15, 0.2) is 6.20 Å². The summed E-state index contributed by atoms with van der Waals surface area (Å²) in [4.78, 5) is 6.61. The molecule has 1 unspecified atom stereocenters. The van der Waals surface area contributed by atoms with Gasteiger partial charge in [0.05, 0.1) is 6.20 Å². The minimum atomic E-state index is 0.200. The molecule has 0 amide bonds. The zero-order chi connectivity index (χ0) is 11.0. The van der Waals surface area contributed by atoms with Gasteiger partial charge in [-0.25, -0.2) is 0 Å². The first-order valence-electron chi connectivity index (χ1n) is 5.65. The third-order valence-corrected chi connectivity index (χ3v) is 3.68. The van der Waals surface area contributed by atoms with E-state index in [-0.39, 0.29) is 5.28 Å². The molecule has 0 aromatic carbocycles. The van der Waals surface area contributed by atoms with Crippen LogP contribution in [0, 0.1) is 5.92 Å². The predicted molar refractivity (Wildman–Crippen MR) is 61.4 cm³/mol. The van der Waals surface area contributed by atoms with E-state index in [0.717, 1.165) is 18.3 Å². The van der Waals surface area contributed by atoms with Gasteiger partial charge in [0.1, 0.15) is 5.82 Å². The van der Waals surface area contributed by atoms with Crippen LogP contribution in [0.1, 0.15) is 12.8 Å². The number of anilines is 1. The van der Waals surface area contributed by atoms with Crippen LogP contribution in [0.3, 0.4) is 0 Å². The molecule has 2 bridgehead atoms. The van der Waals surface area contributed by atoms with Gasteiger partial charge < -0.3 is 10.2 Å². The smallest absolute Gasteiger partial charge is 0.244 e. The van der Waals surface area contributed by atoms with E-state index in [2.05, 4.69) is 25.4 Å². The lowest BCUT2D eigenvalue weighted by atomic mass is 9.84. The highest BCUT2D eigenvalue weighted by molar-refractivity contribution is 6.28. The Bertz CT molecular complexity index is 377. The molecule has 1 N–H and O–H groups in total. The Morgan fingerprint density at radius 2 is 2.19 bits per heavy atom. The number of nitrogens with zero attached hydrogens (tertiary/aromatic N) is 4. The third-order valence-electron chi connectivity index (χ3n) is 3.52. The molecule has 1 aromatic heterocycles. The summed E-state index contributed by atoms with van der Waals surface area (Å²) in [5.41, 5.74) is 0. The molecule has 3 fully saturated rings. The van der Waals surface area contributed by atoms with E-state index in [0.29, 0.717) is 6.04 Å². The highest BCUT2D eigenvalue weighted by atomic mass is 35.5. The maximum absolute atomic E-state index is 5.71. The third kappa shape index (κ3) is 1.97. The Morgan fingerprint density at radius 3 is 2.81 bits per heavy atom. The number of halogens is 1. The van der Waals surface area contributed by atoms with E-state index in [1.807, 2.05) is 0 Å². The van der Waals surface area contributed by atoms with Crippen molar-refractivity contribution >= 4 is 17.4 Å². The van der Waals surface area contributed by atoms with Gasteiger partial charge in [-0.05, 0) is 43.5 Å². The second-order valence-electron chi connectivity index (χ2n) is 4.50. The lowest BCUT2D eigenvalue weighted by Crippen LogP contribution is -2.53. The topological polar surface area (TPSA) is 53.9 Å². The minimum absolute atomic E-state index is 0.200. The number of piperidine rings is 3. The molecule has 16 heavy (non-hydrogen) atoms. The molecule has 3 aliphatic rings. The van der Waals surface area contributed by atoms with Crippen molar-refractivity contribution in [1.29, 1.82) is 0 Å². The maximum Gasteiger partial charge on any atom is 0.244 e.